The van der Waals surface area contributed by atoms with Gasteiger partial charge >= 0.3 is 0 Å². The molecule has 0 aliphatic rings. The number of rotatable bonds is 6. The van der Waals surface area contributed by atoms with Gasteiger partial charge in [0.2, 0.25) is 5.82 Å². The van der Waals surface area contributed by atoms with Gasteiger partial charge in [0, 0.05) is 29.2 Å². The fourth-order valence-corrected chi connectivity index (χ4v) is 5.29. The van der Waals surface area contributed by atoms with Gasteiger partial charge < -0.3 is 13.7 Å². The van der Waals surface area contributed by atoms with Crippen LogP contribution in [0, 0.1) is 11.3 Å². The number of hydrogen-bond donors (Lipinski definition) is 0. The minimum atomic E-state index is -0.314. The summed E-state index contributed by atoms with van der Waals surface area (Å²) in [6.07, 6.45) is 3.65. The highest BCUT2D eigenvalue weighted by atomic mass is 16.5. The van der Waals surface area contributed by atoms with E-state index in [1.807, 2.05) is 85.1 Å². The van der Waals surface area contributed by atoms with Crippen LogP contribution in [0.3, 0.4) is 0 Å². The van der Waals surface area contributed by atoms with E-state index in [0.717, 1.165) is 27.4 Å². The molecule has 8 heteroatoms. The minimum absolute atomic E-state index is 0.278. The Morgan fingerprint density at radius 2 is 1.74 bits per heavy atom. The van der Waals surface area contributed by atoms with Crippen LogP contribution in [0.2, 0.25) is 0 Å². The van der Waals surface area contributed by atoms with Crippen LogP contribution in [0.4, 0.5) is 0 Å². The molecular formula is C34H23N5O3. The van der Waals surface area contributed by atoms with Crippen LogP contribution in [0.15, 0.2) is 118 Å². The van der Waals surface area contributed by atoms with E-state index in [1.165, 1.54) is 4.68 Å². The van der Waals surface area contributed by atoms with Crippen LogP contribution in [0.1, 0.15) is 16.7 Å². The van der Waals surface area contributed by atoms with Gasteiger partial charge in [0.15, 0.2) is 5.76 Å². The highest BCUT2D eigenvalue weighted by Gasteiger charge is 2.18. The Hall–Kier alpha value is -5.94. The molecule has 7 rings (SSSR count). The number of nitrogens with zero attached hydrogens (tertiary/aromatic N) is 5. The van der Waals surface area contributed by atoms with Crippen LogP contribution >= 0.6 is 0 Å². The second-order valence-corrected chi connectivity index (χ2v) is 9.80. The Morgan fingerprint density at radius 3 is 2.60 bits per heavy atom. The molecule has 0 unspecified atom stereocenters. The molecule has 0 radical (unpaired) electrons. The number of ether oxygens (including phenoxy) is 1. The zero-order chi connectivity index (χ0) is 28.6. The maximum atomic E-state index is 13.8. The molecule has 3 aromatic heterocycles. The largest absolute Gasteiger partial charge is 0.496 e. The molecule has 0 spiro atoms. The second kappa shape index (κ2) is 10.2. The number of para-hydroxylation sites is 2. The van der Waals surface area contributed by atoms with Gasteiger partial charge in [0.25, 0.3) is 5.56 Å². The summed E-state index contributed by atoms with van der Waals surface area (Å²) in [6, 6.07) is 32.3. The number of benzene rings is 4. The highest BCUT2D eigenvalue weighted by Crippen LogP contribution is 2.33. The first-order valence-corrected chi connectivity index (χ1v) is 13.3. The van der Waals surface area contributed by atoms with Gasteiger partial charge in [-0.1, -0.05) is 54.6 Å². The predicted molar refractivity (Wildman–Crippen MR) is 163 cm³/mol. The van der Waals surface area contributed by atoms with Crippen LogP contribution in [-0.4, -0.2) is 27.6 Å². The Labute approximate surface area is 240 Å². The average Bonchev–Trinajstić information content (AvgIpc) is 3.62. The van der Waals surface area contributed by atoms with Gasteiger partial charge in [0.05, 0.1) is 41.2 Å². The second-order valence-electron chi connectivity index (χ2n) is 9.80. The lowest BCUT2D eigenvalue weighted by molar-refractivity contribution is 0.419. The SMILES string of the molecule is COc1cccc2oc(-c3nc4ccccc4c(=O)n3N=Cc3cn(Cc4ccccc4C#N)c4ccccc34)cc12. The van der Waals surface area contributed by atoms with Gasteiger partial charge in [-0.05, 0) is 48.0 Å². The number of nitriles is 1. The molecule has 0 aliphatic heterocycles. The van der Waals surface area contributed by atoms with Gasteiger partial charge in [-0.15, -0.1) is 0 Å². The van der Waals surface area contributed by atoms with Crippen molar-refractivity contribution in [3.8, 4) is 23.4 Å². The number of hydrogen-bond acceptors (Lipinski definition) is 6. The fourth-order valence-electron chi connectivity index (χ4n) is 5.29. The summed E-state index contributed by atoms with van der Waals surface area (Å²) in [7, 11) is 1.60. The Morgan fingerprint density at radius 1 is 0.952 bits per heavy atom. The van der Waals surface area contributed by atoms with E-state index in [1.54, 1.807) is 31.5 Å². The summed E-state index contributed by atoms with van der Waals surface area (Å²) in [4.78, 5) is 18.6. The molecule has 7 aromatic rings. The number of methoxy groups -OCH3 is 1. The van der Waals surface area contributed by atoms with Crippen molar-refractivity contribution in [1.29, 1.82) is 5.26 Å². The normalized spacial score (nSPS) is 11.5. The lowest BCUT2D eigenvalue weighted by Gasteiger charge is -2.07. The molecule has 0 atom stereocenters. The Kier molecular flexibility index (Phi) is 6.10. The third kappa shape index (κ3) is 4.21. The molecular weight excluding hydrogens is 526 g/mol. The summed E-state index contributed by atoms with van der Waals surface area (Å²) < 4.78 is 15.0. The topological polar surface area (TPSA) is 98.3 Å². The standard InChI is InChI=1S/C34H23N5O3/c1-41-30-15-8-16-31-27(30)17-32(42-31)33-37-28-13-6-4-12-26(28)34(40)39(33)36-19-24-21-38(29-14-7-5-11-25(24)29)20-23-10-3-2-9-22(23)18-35/h2-17,19,21H,20H2,1H3. The van der Waals surface area contributed by atoms with E-state index < -0.39 is 0 Å². The van der Waals surface area contributed by atoms with Crippen molar-refractivity contribution in [3.05, 3.63) is 130 Å². The van der Waals surface area contributed by atoms with E-state index >= 15 is 0 Å². The maximum Gasteiger partial charge on any atom is 0.282 e. The highest BCUT2D eigenvalue weighted by molar-refractivity contribution is 5.99. The van der Waals surface area contributed by atoms with Gasteiger partial charge in [-0.2, -0.15) is 15.0 Å². The van der Waals surface area contributed by atoms with E-state index in [9.17, 15) is 10.1 Å². The molecule has 0 fully saturated rings. The summed E-state index contributed by atoms with van der Waals surface area (Å²) in [5.74, 6) is 1.33. The molecule has 0 saturated carbocycles. The molecule has 4 aromatic carbocycles. The maximum absolute atomic E-state index is 13.8. The third-order valence-corrected chi connectivity index (χ3v) is 7.33. The summed E-state index contributed by atoms with van der Waals surface area (Å²) in [5.41, 5.74) is 4.20. The molecule has 8 nitrogen and oxygen atoms in total. The van der Waals surface area contributed by atoms with Crippen molar-refractivity contribution in [1.82, 2.24) is 14.2 Å². The lowest BCUT2D eigenvalue weighted by atomic mass is 10.1. The Bertz CT molecular complexity index is 2270. The molecule has 3 heterocycles. The van der Waals surface area contributed by atoms with Crippen molar-refractivity contribution in [2.75, 3.05) is 7.11 Å². The number of fused-ring (bicyclic) bond motifs is 3. The van der Waals surface area contributed by atoms with Crippen molar-refractivity contribution in [3.63, 3.8) is 0 Å². The first-order chi connectivity index (χ1) is 20.6. The summed E-state index contributed by atoms with van der Waals surface area (Å²) >= 11 is 0. The molecule has 0 aliphatic carbocycles. The van der Waals surface area contributed by atoms with E-state index in [-0.39, 0.29) is 11.4 Å². The van der Waals surface area contributed by atoms with E-state index in [2.05, 4.69) is 15.7 Å². The molecule has 0 amide bonds. The quantitative estimate of drug-likeness (QED) is 0.218. The number of furan rings is 1. The van der Waals surface area contributed by atoms with Crippen LogP contribution in [0.25, 0.3) is 44.4 Å². The first-order valence-electron chi connectivity index (χ1n) is 13.3. The molecule has 0 saturated heterocycles. The zero-order valence-electron chi connectivity index (χ0n) is 22.6. The first kappa shape index (κ1) is 25.1. The van der Waals surface area contributed by atoms with Crippen LogP contribution < -0.4 is 10.3 Å². The van der Waals surface area contributed by atoms with Gasteiger partial charge in [-0.25, -0.2) is 4.98 Å². The fraction of sp³-hybridized carbons (Fsp3) is 0.0588. The van der Waals surface area contributed by atoms with Crippen LogP contribution in [0.5, 0.6) is 5.75 Å². The zero-order valence-corrected chi connectivity index (χ0v) is 22.6. The molecule has 42 heavy (non-hydrogen) atoms. The third-order valence-electron chi connectivity index (χ3n) is 7.33. The van der Waals surface area contributed by atoms with Crippen molar-refractivity contribution in [2.24, 2.45) is 5.10 Å². The minimum Gasteiger partial charge on any atom is -0.496 e. The monoisotopic (exact) mass is 549 g/mol. The Balaban J connectivity index is 1.38. The summed E-state index contributed by atoms with van der Waals surface area (Å²) in [5, 5.41) is 16.5. The predicted octanol–water partition coefficient (Wildman–Crippen LogP) is 6.58. The lowest BCUT2D eigenvalue weighted by Crippen LogP contribution is -2.20. The van der Waals surface area contributed by atoms with Gasteiger partial charge in [0.1, 0.15) is 11.3 Å². The van der Waals surface area contributed by atoms with Crippen molar-refractivity contribution >= 4 is 39.0 Å². The number of aromatic nitrogens is 3. The van der Waals surface area contributed by atoms with E-state index in [4.69, 9.17) is 14.1 Å². The molecule has 0 N–H and O–H groups in total. The summed E-state index contributed by atoms with van der Waals surface area (Å²) in [6.45, 7) is 0.516. The van der Waals surface area contributed by atoms with E-state index in [0.29, 0.717) is 40.1 Å². The molecule has 202 valence electrons. The smallest absolute Gasteiger partial charge is 0.282 e. The van der Waals surface area contributed by atoms with Crippen LogP contribution in [-0.2, 0) is 6.54 Å². The van der Waals surface area contributed by atoms with Crippen molar-refractivity contribution < 1.29 is 9.15 Å². The molecule has 0 bridgehead atoms. The van der Waals surface area contributed by atoms with Gasteiger partial charge in [-0.3, -0.25) is 4.79 Å². The van der Waals surface area contributed by atoms with Crippen molar-refractivity contribution in [2.45, 2.75) is 6.54 Å². The average molecular weight is 550 g/mol.